The Bertz CT molecular complexity index is 548. The molecule has 0 amide bonds. The summed E-state index contributed by atoms with van der Waals surface area (Å²) in [7, 11) is 0. The topological polar surface area (TPSA) is 37.3 Å². The molecule has 0 heterocycles. The van der Waals surface area contributed by atoms with Gasteiger partial charge in [0.25, 0.3) is 0 Å². The van der Waals surface area contributed by atoms with Gasteiger partial charge in [-0.2, -0.15) is 0 Å². The van der Waals surface area contributed by atoms with Crippen molar-refractivity contribution in [1.29, 1.82) is 0 Å². The summed E-state index contributed by atoms with van der Waals surface area (Å²) in [5.41, 5.74) is 1.88. The molecule has 2 heteroatoms. The van der Waals surface area contributed by atoms with E-state index in [9.17, 15) is 9.90 Å². The third kappa shape index (κ3) is 4.27. The third-order valence-corrected chi connectivity index (χ3v) is 3.87. The SMILES string of the molecule is CCC(C(=O)c1ccccc1)C(O)CCc1ccccc1. The number of aliphatic hydroxyl groups excluding tert-OH is 1. The first-order valence-corrected chi connectivity index (χ1v) is 7.53. The summed E-state index contributed by atoms with van der Waals surface area (Å²) in [4.78, 5) is 12.5. The van der Waals surface area contributed by atoms with Crippen molar-refractivity contribution in [2.75, 3.05) is 0 Å². The van der Waals surface area contributed by atoms with E-state index in [0.717, 1.165) is 6.42 Å². The number of ketones is 1. The maximum Gasteiger partial charge on any atom is 0.168 e. The molecule has 0 aromatic heterocycles. The number of benzene rings is 2. The van der Waals surface area contributed by atoms with E-state index in [0.29, 0.717) is 18.4 Å². The van der Waals surface area contributed by atoms with Crippen LogP contribution in [0.5, 0.6) is 0 Å². The average molecular weight is 282 g/mol. The molecule has 0 aliphatic rings. The zero-order valence-corrected chi connectivity index (χ0v) is 12.4. The predicted octanol–water partition coefficient (Wildman–Crippen LogP) is 3.89. The van der Waals surface area contributed by atoms with Gasteiger partial charge in [-0.15, -0.1) is 0 Å². The highest BCUT2D eigenvalue weighted by Crippen LogP contribution is 2.20. The molecule has 0 aliphatic carbocycles. The molecule has 2 unspecified atom stereocenters. The van der Waals surface area contributed by atoms with Crippen molar-refractivity contribution < 1.29 is 9.90 Å². The van der Waals surface area contributed by atoms with E-state index in [2.05, 4.69) is 0 Å². The standard InChI is InChI=1S/C19H22O2/c1-2-17(19(21)16-11-7-4-8-12-16)18(20)14-13-15-9-5-3-6-10-15/h3-12,17-18,20H,2,13-14H2,1H3. The second kappa shape index (κ2) is 7.75. The lowest BCUT2D eigenvalue weighted by Crippen LogP contribution is -2.28. The molecule has 2 aromatic rings. The van der Waals surface area contributed by atoms with E-state index < -0.39 is 6.10 Å². The Labute approximate surface area is 126 Å². The summed E-state index contributed by atoms with van der Waals surface area (Å²) >= 11 is 0. The summed E-state index contributed by atoms with van der Waals surface area (Å²) in [5, 5.41) is 10.4. The molecule has 0 saturated heterocycles. The highest BCUT2D eigenvalue weighted by atomic mass is 16.3. The molecule has 2 aromatic carbocycles. The zero-order valence-electron chi connectivity index (χ0n) is 12.4. The molecule has 2 nitrogen and oxygen atoms in total. The molecule has 2 rings (SSSR count). The highest BCUT2D eigenvalue weighted by molar-refractivity contribution is 5.98. The van der Waals surface area contributed by atoms with Gasteiger partial charge in [0.2, 0.25) is 0 Å². The Balaban J connectivity index is 1.98. The maximum atomic E-state index is 12.5. The highest BCUT2D eigenvalue weighted by Gasteiger charge is 2.25. The molecule has 2 atom stereocenters. The van der Waals surface area contributed by atoms with Gasteiger partial charge in [0.05, 0.1) is 6.10 Å². The van der Waals surface area contributed by atoms with Crippen molar-refractivity contribution in [3.63, 3.8) is 0 Å². The Hall–Kier alpha value is -1.93. The second-order valence-electron chi connectivity index (χ2n) is 5.34. The van der Waals surface area contributed by atoms with E-state index in [1.807, 2.05) is 67.6 Å². The van der Waals surface area contributed by atoms with E-state index in [-0.39, 0.29) is 11.7 Å². The molecule has 21 heavy (non-hydrogen) atoms. The summed E-state index contributed by atoms with van der Waals surface area (Å²) in [5.74, 6) is -0.283. The summed E-state index contributed by atoms with van der Waals surface area (Å²) in [6, 6.07) is 19.3. The van der Waals surface area contributed by atoms with E-state index in [1.165, 1.54) is 5.56 Å². The van der Waals surface area contributed by atoms with Crippen LogP contribution in [-0.4, -0.2) is 17.0 Å². The van der Waals surface area contributed by atoms with Gasteiger partial charge in [-0.1, -0.05) is 67.6 Å². The predicted molar refractivity (Wildman–Crippen MR) is 85.3 cm³/mol. The number of carbonyl (C=O) groups excluding carboxylic acids is 1. The van der Waals surface area contributed by atoms with Gasteiger partial charge in [-0.05, 0) is 24.8 Å². The van der Waals surface area contributed by atoms with Crippen molar-refractivity contribution in [2.45, 2.75) is 32.3 Å². The van der Waals surface area contributed by atoms with Gasteiger partial charge >= 0.3 is 0 Å². The largest absolute Gasteiger partial charge is 0.392 e. The minimum Gasteiger partial charge on any atom is -0.392 e. The first-order chi connectivity index (χ1) is 10.2. The zero-order chi connectivity index (χ0) is 15.1. The van der Waals surface area contributed by atoms with Crippen LogP contribution in [0.4, 0.5) is 0 Å². The van der Waals surface area contributed by atoms with E-state index in [1.54, 1.807) is 0 Å². The van der Waals surface area contributed by atoms with Crippen LogP contribution in [0.15, 0.2) is 60.7 Å². The fourth-order valence-electron chi connectivity index (χ4n) is 2.61. The molecule has 0 saturated carbocycles. The summed E-state index contributed by atoms with van der Waals surface area (Å²) in [6.45, 7) is 1.96. The van der Waals surface area contributed by atoms with Crippen molar-refractivity contribution in [3.8, 4) is 0 Å². The first kappa shape index (κ1) is 15.5. The third-order valence-electron chi connectivity index (χ3n) is 3.87. The maximum absolute atomic E-state index is 12.5. The fourth-order valence-corrected chi connectivity index (χ4v) is 2.61. The van der Waals surface area contributed by atoms with Crippen LogP contribution in [0, 0.1) is 5.92 Å². The smallest absolute Gasteiger partial charge is 0.168 e. The van der Waals surface area contributed by atoms with Crippen LogP contribution >= 0.6 is 0 Å². The van der Waals surface area contributed by atoms with Crippen LogP contribution in [-0.2, 0) is 6.42 Å². The minimum atomic E-state index is -0.595. The monoisotopic (exact) mass is 282 g/mol. The number of carbonyl (C=O) groups is 1. The van der Waals surface area contributed by atoms with Crippen LogP contribution in [0.2, 0.25) is 0 Å². The molecule has 0 bridgehead atoms. The normalized spacial score (nSPS) is 13.6. The minimum absolute atomic E-state index is 0.0404. The van der Waals surface area contributed by atoms with Crippen LogP contribution < -0.4 is 0 Å². The molecule has 110 valence electrons. The number of rotatable bonds is 7. The fraction of sp³-hybridized carbons (Fsp3) is 0.316. The van der Waals surface area contributed by atoms with Crippen molar-refractivity contribution in [2.24, 2.45) is 5.92 Å². The number of aliphatic hydroxyl groups is 1. The van der Waals surface area contributed by atoms with Gasteiger partial charge in [0, 0.05) is 11.5 Å². The second-order valence-corrected chi connectivity index (χ2v) is 5.34. The Kier molecular flexibility index (Phi) is 5.70. The molecule has 0 radical (unpaired) electrons. The number of hydrogen-bond acceptors (Lipinski definition) is 2. The Morgan fingerprint density at radius 1 is 1.00 bits per heavy atom. The Morgan fingerprint density at radius 2 is 1.57 bits per heavy atom. The number of aryl methyl sites for hydroxylation is 1. The van der Waals surface area contributed by atoms with Crippen LogP contribution in [0.3, 0.4) is 0 Å². The van der Waals surface area contributed by atoms with E-state index >= 15 is 0 Å². The lowest BCUT2D eigenvalue weighted by molar-refractivity contribution is 0.0644. The lowest BCUT2D eigenvalue weighted by Gasteiger charge is -2.20. The van der Waals surface area contributed by atoms with Crippen LogP contribution in [0.1, 0.15) is 35.7 Å². The van der Waals surface area contributed by atoms with Gasteiger partial charge < -0.3 is 5.11 Å². The number of Topliss-reactive ketones (excluding diaryl/α,β-unsaturated/α-hetero) is 1. The molecular weight excluding hydrogens is 260 g/mol. The summed E-state index contributed by atoms with van der Waals surface area (Å²) in [6.07, 6.45) is 1.47. The van der Waals surface area contributed by atoms with Crippen molar-refractivity contribution in [1.82, 2.24) is 0 Å². The Morgan fingerprint density at radius 3 is 2.14 bits per heavy atom. The summed E-state index contributed by atoms with van der Waals surface area (Å²) < 4.78 is 0. The molecule has 0 aliphatic heterocycles. The van der Waals surface area contributed by atoms with Crippen molar-refractivity contribution >= 4 is 5.78 Å². The number of hydrogen-bond donors (Lipinski definition) is 1. The van der Waals surface area contributed by atoms with Crippen molar-refractivity contribution in [3.05, 3.63) is 71.8 Å². The molecule has 0 fully saturated rings. The molecule has 0 spiro atoms. The van der Waals surface area contributed by atoms with E-state index in [4.69, 9.17) is 0 Å². The average Bonchev–Trinajstić information content (AvgIpc) is 2.55. The van der Waals surface area contributed by atoms with Gasteiger partial charge in [0.15, 0.2) is 5.78 Å². The molecule has 1 N–H and O–H groups in total. The van der Waals surface area contributed by atoms with Gasteiger partial charge in [-0.25, -0.2) is 0 Å². The molecular formula is C19H22O2. The quantitative estimate of drug-likeness (QED) is 0.782. The van der Waals surface area contributed by atoms with Gasteiger partial charge in [0.1, 0.15) is 0 Å². The van der Waals surface area contributed by atoms with Crippen LogP contribution in [0.25, 0.3) is 0 Å². The van der Waals surface area contributed by atoms with Gasteiger partial charge in [-0.3, -0.25) is 4.79 Å². The lowest BCUT2D eigenvalue weighted by atomic mass is 9.87. The first-order valence-electron chi connectivity index (χ1n) is 7.53.